The molecule has 0 aliphatic carbocycles. The van der Waals surface area contributed by atoms with Gasteiger partial charge in [-0.2, -0.15) is 10.5 Å². The molecule has 2 rings (SSSR count). The van der Waals surface area contributed by atoms with Crippen molar-refractivity contribution in [3.63, 3.8) is 0 Å². The van der Waals surface area contributed by atoms with Gasteiger partial charge in [0, 0.05) is 5.41 Å². The summed E-state index contributed by atoms with van der Waals surface area (Å²) in [6, 6.07) is 10.2. The van der Waals surface area contributed by atoms with Crippen LogP contribution in [0.1, 0.15) is 46.1 Å². The van der Waals surface area contributed by atoms with E-state index in [0.717, 1.165) is 0 Å². The molecule has 0 amide bonds. The van der Waals surface area contributed by atoms with Crippen molar-refractivity contribution in [3.05, 3.63) is 35.6 Å². The molecule has 3 atom stereocenters. The molecule has 0 spiro atoms. The topological polar surface area (TPSA) is 83.1 Å². The van der Waals surface area contributed by atoms with Crippen LogP contribution in [0.4, 0.5) is 4.39 Å². The Morgan fingerprint density at radius 1 is 1.37 bits per heavy atom. The van der Waals surface area contributed by atoms with E-state index in [0.29, 0.717) is 5.56 Å². The van der Waals surface area contributed by atoms with E-state index in [-0.39, 0.29) is 31.5 Å². The van der Waals surface area contributed by atoms with Gasteiger partial charge in [-0.15, -0.1) is 0 Å². The SMILES string of the molecule is C[C@H]1OC[C@@](CC(=O)OC(C)(C)C)(c2ccccc2F)[C@@H]1CC(C#N)C#N. The first-order valence-corrected chi connectivity index (χ1v) is 9.00. The van der Waals surface area contributed by atoms with Crippen LogP contribution in [0, 0.1) is 40.3 Å². The molecule has 27 heavy (non-hydrogen) atoms. The van der Waals surface area contributed by atoms with E-state index in [1.54, 1.807) is 39.0 Å². The Hall–Kier alpha value is -2.44. The van der Waals surface area contributed by atoms with Gasteiger partial charge in [0.05, 0.1) is 31.3 Å². The lowest BCUT2D eigenvalue weighted by atomic mass is 9.65. The molecule has 1 aliphatic rings. The van der Waals surface area contributed by atoms with Crippen molar-refractivity contribution in [1.82, 2.24) is 0 Å². The summed E-state index contributed by atoms with van der Waals surface area (Å²) in [7, 11) is 0. The highest BCUT2D eigenvalue weighted by Gasteiger charge is 2.52. The highest BCUT2D eigenvalue weighted by molar-refractivity contribution is 5.72. The Kier molecular flexibility index (Phi) is 6.23. The molecule has 1 aliphatic heterocycles. The van der Waals surface area contributed by atoms with E-state index in [9.17, 15) is 19.7 Å². The second-order valence-electron chi connectivity index (χ2n) is 8.07. The Bertz CT molecular complexity index is 761. The number of benzene rings is 1. The summed E-state index contributed by atoms with van der Waals surface area (Å²) in [5.41, 5.74) is -1.30. The largest absolute Gasteiger partial charge is 0.460 e. The van der Waals surface area contributed by atoms with Crippen molar-refractivity contribution >= 4 is 5.97 Å². The molecule has 1 aromatic carbocycles. The summed E-state index contributed by atoms with van der Waals surface area (Å²) >= 11 is 0. The first kappa shape index (κ1) is 20.9. The summed E-state index contributed by atoms with van der Waals surface area (Å²) in [5, 5.41) is 18.4. The van der Waals surface area contributed by atoms with Crippen molar-refractivity contribution in [1.29, 1.82) is 10.5 Å². The minimum Gasteiger partial charge on any atom is -0.460 e. The molecular weight excluding hydrogens is 347 g/mol. The van der Waals surface area contributed by atoms with Crippen molar-refractivity contribution in [2.75, 3.05) is 6.61 Å². The van der Waals surface area contributed by atoms with Crippen molar-refractivity contribution in [3.8, 4) is 12.1 Å². The van der Waals surface area contributed by atoms with Crippen molar-refractivity contribution < 1.29 is 18.7 Å². The number of rotatable bonds is 5. The van der Waals surface area contributed by atoms with Crippen LogP contribution >= 0.6 is 0 Å². The predicted molar refractivity (Wildman–Crippen MR) is 96.8 cm³/mol. The fraction of sp³-hybridized carbons (Fsp3) is 0.571. The van der Waals surface area contributed by atoms with Crippen molar-refractivity contribution in [2.45, 2.75) is 57.7 Å². The maximum atomic E-state index is 14.7. The molecule has 1 fully saturated rings. The molecule has 0 radical (unpaired) electrons. The quantitative estimate of drug-likeness (QED) is 0.732. The minimum absolute atomic E-state index is 0.0796. The highest BCUT2D eigenvalue weighted by atomic mass is 19.1. The molecule has 0 N–H and O–H groups in total. The Morgan fingerprint density at radius 2 is 2.00 bits per heavy atom. The van der Waals surface area contributed by atoms with Crippen LogP contribution in [0.2, 0.25) is 0 Å². The molecule has 1 aromatic rings. The van der Waals surface area contributed by atoms with Gasteiger partial charge in [-0.05, 0) is 51.7 Å². The van der Waals surface area contributed by atoms with Gasteiger partial charge in [0.15, 0.2) is 0 Å². The fourth-order valence-electron chi connectivity index (χ4n) is 3.81. The lowest BCUT2D eigenvalue weighted by Crippen LogP contribution is -2.41. The maximum absolute atomic E-state index is 14.7. The smallest absolute Gasteiger partial charge is 0.307 e. The Balaban J connectivity index is 2.49. The molecule has 0 bridgehead atoms. The molecule has 144 valence electrons. The zero-order valence-corrected chi connectivity index (χ0v) is 16.2. The summed E-state index contributed by atoms with van der Waals surface area (Å²) in [4.78, 5) is 12.7. The Labute approximate surface area is 159 Å². The molecule has 0 aromatic heterocycles. The van der Waals surface area contributed by atoms with Gasteiger partial charge in [-0.3, -0.25) is 4.79 Å². The zero-order chi connectivity index (χ0) is 20.2. The second-order valence-corrected chi connectivity index (χ2v) is 8.07. The summed E-state index contributed by atoms with van der Waals surface area (Å²) in [6.45, 7) is 7.27. The fourth-order valence-corrected chi connectivity index (χ4v) is 3.81. The number of carbonyl (C=O) groups excluding carboxylic acids is 1. The average Bonchev–Trinajstić information content (AvgIpc) is 2.88. The van der Waals surface area contributed by atoms with E-state index >= 15 is 0 Å². The number of hydrogen-bond acceptors (Lipinski definition) is 5. The first-order valence-electron chi connectivity index (χ1n) is 9.00. The minimum atomic E-state index is -0.987. The molecule has 0 saturated carbocycles. The van der Waals surface area contributed by atoms with E-state index < -0.39 is 28.7 Å². The number of ether oxygens (including phenoxy) is 2. The van der Waals surface area contributed by atoms with Gasteiger partial charge in [0.25, 0.3) is 0 Å². The number of hydrogen-bond donors (Lipinski definition) is 0. The number of esters is 1. The highest BCUT2D eigenvalue weighted by Crippen LogP contribution is 2.48. The van der Waals surface area contributed by atoms with Gasteiger partial charge in [-0.25, -0.2) is 4.39 Å². The summed E-state index contributed by atoms with van der Waals surface area (Å²) in [5.74, 6) is -2.12. The molecule has 6 heteroatoms. The zero-order valence-electron chi connectivity index (χ0n) is 16.2. The van der Waals surface area contributed by atoms with Crippen LogP contribution < -0.4 is 0 Å². The summed E-state index contributed by atoms with van der Waals surface area (Å²) < 4.78 is 26.0. The molecule has 5 nitrogen and oxygen atoms in total. The van der Waals surface area contributed by atoms with Gasteiger partial charge in [0.1, 0.15) is 17.3 Å². The summed E-state index contributed by atoms with van der Waals surface area (Å²) in [6.07, 6.45) is -0.203. The van der Waals surface area contributed by atoms with Crippen molar-refractivity contribution in [2.24, 2.45) is 11.8 Å². The third kappa shape index (κ3) is 4.64. The molecule has 1 heterocycles. The van der Waals surface area contributed by atoms with E-state index in [4.69, 9.17) is 9.47 Å². The number of nitriles is 2. The van der Waals surface area contributed by atoms with Crippen LogP contribution in [-0.2, 0) is 19.7 Å². The normalized spacial score (nSPS) is 25.0. The standard InChI is InChI=1S/C21H25FN2O3/c1-14-17(9-15(11-23)12-24)21(13-26-14,10-19(25)27-20(2,3)4)16-7-5-6-8-18(16)22/h5-8,14-15,17H,9-10,13H2,1-4H3/t14-,17-,21+/m1/s1. The Morgan fingerprint density at radius 3 is 2.56 bits per heavy atom. The average molecular weight is 372 g/mol. The number of halogens is 1. The third-order valence-corrected chi connectivity index (χ3v) is 4.97. The second kappa shape index (κ2) is 8.06. The van der Waals surface area contributed by atoms with Gasteiger partial charge in [-0.1, -0.05) is 18.2 Å². The van der Waals surface area contributed by atoms with Crippen LogP contribution in [0.25, 0.3) is 0 Å². The van der Waals surface area contributed by atoms with Crippen LogP contribution in [-0.4, -0.2) is 24.3 Å². The predicted octanol–water partition coefficient (Wildman–Crippen LogP) is 3.88. The van der Waals surface area contributed by atoms with Gasteiger partial charge in [0.2, 0.25) is 0 Å². The van der Waals surface area contributed by atoms with Gasteiger partial charge < -0.3 is 9.47 Å². The lowest BCUT2D eigenvalue weighted by molar-refractivity contribution is -0.156. The maximum Gasteiger partial charge on any atom is 0.307 e. The molecule has 1 saturated heterocycles. The van der Waals surface area contributed by atoms with E-state index in [1.807, 2.05) is 19.1 Å². The van der Waals surface area contributed by atoms with Gasteiger partial charge >= 0.3 is 5.97 Å². The lowest BCUT2D eigenvalue weighted by Gasteiger charge is -2.36. The first-order chi connectivity index (χ1) is 12.6. The van der Waals surface area contributed by atoms with E-state index in [1.165, 1.54) is 6.07 Å². The van der Waals surface area contributed by atoms with Crippen LogP contribution in [0.3, 0.4) is 0 Å². The van der Waals surface area contributed by atoms with E-state index in [2.05, 4.69) is 0 Å². The molecule has 0 unspecified atom stereocenters. The van der Waals surface area contributed by atoms with Crippen LogP contribution in [0.5, 0.6) is 0 Å². The third-order valence-electron chi connectivity index (χ3n) is 4.97. The number of nitrogens with zero attached hydrogens (tertiary/aromatic N) is 2. The monoisotopic (exact) mass is 372 g/mol. The molecular formula is C21H25FN2O3. The van der Waals surface area contributed by atoms with Crippen LogP contribution in [0.15, 0.2) is 24.3 Å². The number of carbonyl (C=O) groups is 1.